The van der Waals surface area contributed by atoms with Gasteiger partial charge in [-0.15, -0.1) is 0 Å². The largest absolute Gasteiger partial charge is 0.393 e. The monoisotopic (exact) mass is 213 g/mol. The van der Waals surface area contributed by atoms with E-state index in [-0.39, 0.29) is 6.10 Å². The zero-order chi connectivity index (χ0) is 11.6. The summed E-state index contributed by atoms with van der Waals surface area (Å²) in [6, 6.07) is 1.11. The van der Waals surface area contributed by atoms with Crippen LogP contribution in [0.4, 0.5) is 0 Å². The Balaban J connectivity index is 2.78. The lowest BCUT2D eigenvalue weighted by molar-refractivity contribution is -0.0216. The van der Waals surface area contributed by atoms with Crippen LogP contribution >= 0.6 is 0 Å². The Labute approximate surface area is 94.7 Å². The van der Waals surface area contributed by atoms with Crippen molar-refractivity contribution in [1.82, 2.24) is 4.90 Å². The molecule has 90 valence electrons. The van der Waals surface area contributed by atoms with Gasteiger partial charge in [0.2, 0.25) is 0 Å². The lowest BCUT2D eigenvalue weighted by Crippen LogP contribution is -2.52. The van der Waals surface area contributed by atoms with Crippen LogP contribution in [0.2, 0.25) is 0 Å². The third-order valence-corrected chi connectivity index (χ3v) is 3.95. The summed E-state index contributed by atoms with van der Waals surface area (Å²) in [7, 11) is 0. The fourth-order valence-corrected chi connectivity index (χ4v) is 2.93. The summed E-state index contributed by atoms with van der Waals surface area (Å²) in [5.74, 6) is 0. The quantitative estimate of drug-likeness (QED) is 0.779. The number of aliphatic hydroxyl groups is 1. The van der Waals surface area contributed by atoms with E-state index in [0.29, 0.717) is 17.5 Å². The number of nitrogens with zero attached hydrogens (tertiary/aromatic N) is 1. The summed E-state index contributed by atoms with van der Waals surface area (Å²) in [4.78, 5) is 2.53. The predicted molar refractivity (Wildman–Crippen MR) is 64.9 cm³/mol. The van der Waals surface area contributed by atoms with E-state index in [2.05, 4.69) is 39.5 Å². The molecule has 1 aliphatic carbocycles. The van der Waals surface area contributed by atoms with E-state index < -0.39 is 0 Å². The van der Waals surface area contributed by atoms with Gasteiger partial charge in [-0.3, -0.25) is 4.90 Å². The van der Waals surface area contributed by atoms with Crippen molar-refractivity contribution in [3.8, 4) is 0 Å². The molecule has 2 nitrogen and oxygen atoms in total. The van der Waals surface area contributed by atoms with Crippen molar-refractivity contribution >= 4 is 0 Å². The van der Waals surface area contributed by atoms with E-state index in [9.17, 15) is 5.11 Å². The Kier molecular flexibility index (Phi) is 4.19. The molecule has 1 N–H and O–H groups in total. The fraction of sp³-hybridized carbons (Fsp3) is 1.00. The third kappa shape index (κ3) is 2.94. The minimum Gasteiger partial charge on any atom is -0.393 e. The number of aliphatic hydroxyl groups excluding tert-OH is 1. The van der Waals surface area contributed by atoms with Gasteiger partial charge in [0.15, 0.2) is 0 Å². The highest BCUT2D eigenvalue weighted by Crippen LogP contribution is 2.39. The average Bonchev–Trinajstić information content (AvgIpc) is 2.12. The van der Waals surface area contributed by atoms with Gasteiger partial charge in [0.1, 0.15) is 0 Å². The van der Waals surface area contributed by atoms with Crippen LogP contribution in [0.15, 0.2) is 0 Å². The summed E-state index contributed by atoms with van der Waals surface area (Å²) in [6.45, 7) is 12.5. The molecule has 0 amide bonds. The molecule has 0 radical (unpaired) electrons. The van der Waals surface area contributed by atoms with Crippen molar-refractivity contribution < 1.29 is 5.11 Å². The van der Waals surface area contributed by atoms with Crippen LogP contribution in [0.5, 0.6) is 0 Å². The van der Waals surface area contributed by atoms with Crippen LogP contribution in [-0.2, 0) is 0 Å². The lowest BCUT2D eigenvalue weighted by atomic mass is 9.71. The Hall–Kier alpha value is -0.0800. The van der Waals surface area contributed by atoms with Crippen molar-refractivity contribution in [2.45, 2.75) is 72.1 Å². The zero-order valence-corrected chi connectivity index (χ0v) is 11.0. The minimum absolute atomic E-state index is 0.0872. The summed E-state index contributed by atoms with van der Waals surface area (Å²) < 4.78 is 0. The van der Waals surface area contributed by atoms with Crippen molar-refractivity contribution in [3.63, 3.8) is 0 Å². The molecule has 0 aliphatic heterocycles. The van der Waals surface area contributed by atoms with Crippen molar-refractivity contribution in [2.75, 3.05) is 6.54 Å². The molecule has 1 saturated carbocycles. The topological polar surface area (TPSA) is 23.5 Å². The second kappa shape index (κ2) is 4.84. The SMILES string of the molecule is CCN(C(C)C)C1CC(O)CCC1(C)C. The van der Waals surface area contributed by atoms with Gasteiger partial charge in [-0.1, -0.05) is 20.8 Å². The van der Waals surface area contributed by atoms with Gasteiger partial charge >= 0.3 is 0 Å². The number of rotatable bonds is 3. The molecule has 0 saturated heterocycles. The van der Waals surface area contributed by atoms with E-state index in [0.717, 1.165) is 25.8 Å². The van der Waals surface area contributed by atoms with Gasteiger partial charge in [-0.05, 0) is 45.1 Å². The number of hydrogen-bond donors (Lipinski definition) is 1. The van der Waals surface area contributed by atoms with Crippen molar-refractivity contribution in [2.24, 2.45) is 5.41 Å². The Morgan fingerprint density at radius 3 is 2.47 bits per heavy atom. The van der Waals surface area contributed by atoms with Gasteiger partial charge in [0.25, 0.3) is 0 Å². The smallest absolute Gasteiger partial charge is 0.0555 e. The molecule has 0 bridgehead atoms. The highest BCUT2D eigenvalue weighted by molar-refractivity contribution is 4.93. The zero-order valence-electron chi connectivity index (χ0n) is 11.0. The van der Waals surface area contributed by atoms with Crippen LogP contribution in [0.1, 0.15) is 53.9 Å². The standard InChI is InChI=1S/C13H27NO/c1-6-14(10(2)3)12-9-11(15)7-8-13(12,4)5/h10-12,15H,6-9H2,1-5H3. The number of hydrogen-bond acceptors (Lipinski definition) is 2. The molecule has 0 aromatic heterocycles. The highest BCUT2D eigenvalue weighted by atomic mass is 16.3. The Morgan fingerprint density at radius 2 is 2.00 bits per heavy atom. The molecule has 0 aromatic carbocycles. The minimum atomic E-state index is -0.0872. The van der Waals surface area contributed by atoms with Gasteiger partial charge in [0.05, 0.1) is 6.10 Å². The summed E-state index contributed by atoms with van der Waals surface area (Å²) in [5.41, 5.74) is 0.347. The molecule has 2 unspecified atom stereocenters. The van der Waals surface area contributed by atoms with Gasteiger partial charge in [0, 0.05) is 12.1 Å². The molecular formula is C13H27NO. The molecule has 0 heterocycles. The maximum absolute atomic E-state index is 9.81. The molecule has 1 fully saturated rings. The Morgan fingerprint density at radius 1 is 1.40 bits per heavy atom. The lowest BCUT2D eigenvalue weighted by Gasteiger charge is -2.48. The molecular weight excluding hydrogens is 186 g/mol. The van der Waals surface area contributed by atoms with Crippen LogP contribution < -0.4 is 0 Å². The maximum atomic E-state index is 9.81. The first-order chi connectivity index (χ1) is 6.88. The second-order valence-corrected chi connectivity index (χ2v) is 5.86. The average molecular weight is 213 g/mol. The maximum Gasteiger partial charge on any atom is 0.0555 e. The summed E-state index contributed by atoms with van der Waals surface area (Å²) >= 11 is 0. The van der Waals surface area contributed by atoms with E-state index >= 15 is 0 Å². The van der Waals surface area contributed by atoms with E-state index in [1.165, 1.54) is 0 Å². The van der Waals surface area contributed by atoms with Gasteiger partial charge in [-0.25, -0.2) is 0 Å². The molecule has 1 aliphatic rings. The molecule has 1 rings (SSSR count). The van der Waals surface area contributed by atoms with Crippen LogP contribution in [0.25, 0.3) is 0 Å². The fourth-order valence-electron chi connectivity index (χ4n) is 2.93. The van der Waals surface area contributed by atoms with Gasteiger partial charge in [-0.2, -0.15) is 0 Å². The van der Waals surface area contributed by atoms with Crippen LogP contribution in [0, 0.1) is 5.41 Å². The van der Waals surface area contributed by atoms with E-state index in [1.54, 1.807) is 0 Å². The van der Waals surface area contributed by atoms with Crippen molar-refractivity contribution in [3.05, 3.63) is 0 Å². The van der Waals surface area contributed by atoms with Crippen molar-refractivity contribution in [1.29, 1.82) is 0 Å². The van der Waals surface area contributed by atoms with Crippen LogP contribution in [0.3, 0.4) is 0 Å². The highest BCUT2D eigenvalue weighted by Gasteiger charge is 2.39. The first-order valence-electron chi connectivity index (χ1n) is 6.32. The molecule has 0 spiro atoms. The molecule has 15 heavy (non-hydrogen) atoms. The predicted octanol–water partition coefficient (Wildman–Crippen LogP) is 2.66. The van der Waals surface area contributed by atoms with Gasteiger partial charge < -0.3 is 5.11 Å². The third-order valence-electron chi connectivity index (χ3n) is 3.95. The van der Waals surface area contributed by atoms with Crippen LogP contribution in [-0.4, -0.2) is 34.7 Å². The van der Waals surface area contributed by atoms with E-state index in [1.807, 2.05) is 0 Å². The Bertz CT molecular complexity index is 201. The molecule has 2 atom stereocenters. The summed E-state index contributed by atoms with van der Waals surface area (Å²) in [6.07, 6.45) is 2.97. The first kappa shape index (κ1) is 13.0. The van der Waals surface area contributed by atoms with E-state index in [4.69, 9.17) is 0 Å². The molecule has 2 heteroatoms. The normalized spacial score (nSPS) is 31.2. The first-order valence-corrected chi connectivity index (χ1v) is 6.32. The molecule has 0 aromatic rings. The summed E-state index contributed by atoms with van der Waals surface area (Å²) in [5, 5.41) is 9.81. The second-order valence-electron chi connectivity index (χ2n) is 5.86.